The maximum absolute atomic E-state index is 12.4. The van der Waals surface area contributed by atoms with Crippen molar-refractivity contribution in [3.05, 3.63) is 35.8 Å². The van der Waals surface area contributed by atoms with Crippen LogP contribution in [0.25, 0.3) is 11.3 Å². The van der Waals surface area contributed by atoms with Crippen molar-refractivity contribution in [2.24, 2.45) is 0 Å². The van der Waals surface area contributed by atoms with E-state index in [1.165, 1.54) is 18.5 Å². The van der Waals surface area contributed by atoms with Crippen molar-refractivity contribution < 1.29 is 9.53 Å². The number of carbonyl (C=O) groups is 1. The minimum Gasteiger partial charge on any atom is -0.444 e. The Bertz CT molecular complexity index is 789. The van der Waals surface area contributed by atoms with E-state index >= 15 is 0 Å². The van der Waals surface area contributed by atoms with Gasteiger partial charge in [-0.1, -0.05) is 6.07 Å². The molecule has 2 aromatic heterocycles. The molecular formula is C19H24N4O2. The molecule has 132 valence electrons. The summed E-state index contributed by atoms with van der Waals surface area (Å²) in [5.41, 5.74) is 3.61. The number of aromatic nitrogens is 3. The van der Waals surface area contributed by atoms with Crippen LogP contribution in [0.4, 0.5) is 4.79 Å². The van der Waals surface area contributed by atoms with Gasteiger partial charge in [0.1, 0.15) is 5.60 Å². The highest BCUT2D eigenvalue weighted by atomic mass is 16.6. The molecule has 1 aliphatic heterocycles. The average molecular weight is 340 g/mol. The first-order chi connectivity index (χ1) is 11.9. The Balaban J connectivity index is 1.55. The highest BCUT2D eigenvalue weighted by molar-refractivity contribution is 5.70. The van der Waals surface area contributed by atoms with Gasteiger partial charge < -0.3 is 4.74 Å². The van der Waals surface area contributed by atoms with Crippen LogP contribution < -0.4 is 0 Å². The van der Waals surface area contributed by atoms with Gasteiger partial charge in [0.05, 0.1) is 23.6 Å². The largest absolute Gasteiger partial charge is 0.444 e. The summed E-state index contributed by atoms with van der Waals surface area (Å²) in [6.07, 6.45) is 4.93. The summed E-state index contributed by atoms with van der Waals surface area (Å²) in [5.74, 6) is 0.588. The van der Waals surface area contributed by atoms with E-state index in [1.54, 1.807) is 4.90 Å². The molecule has 2 aliphatic rings. The second kappa shape index (κ2) is 5.86. The minimum absolute atomic E-state index is 0.00826. The van der Waals surface area contributed by atoms with E-state index in [0.29, 0.717) is 12.5 Å². The number of amides is 1. The average Bonchev–Trinajstić information content (AvgIpc) is 3.21. The van der Waals surface area contributed by atoms with E-state index in [2.05, 4.69) is 10.2 Å². The van der Waals surface area contributed by atoms with E-state index < -0.39 is 5.60 Å². The van der Waals surface area contributed by atoms with Crippen molar-refractivity contribution in [2.45, 2.75) is 57.6 Å². The molecule has 3 heterocycles. The Morgan fingerprint density at radius 1 is 1.28 bits per heavy atom. The molecule has 0 spiro atoms. The normalized spacial score (nSPS) is 20.3. The first kappa shape index (κ1) is 16.1. The molecule has 25 heavy (non-hydrogen) atoms. The smallest absolute Gasteiger partial charge is 0.410 e. The number of pyridine rings is 1. The molecule has 1 amide bonds. The molecule has 1 aliphatic carbocycles. The molecule has 0 bridgehead atoms. The van der Waals surface area contributed by atoms with Gasteiger partial charge in [0.2, 0.25) is 0 Å². The molecule has 2 aromatic rings. The summed E-state index contributed by atoms with van der Waals surface area (Å²) in [6, 6.07) is 6.00. The molecule has 1 saturated heterocycles. The molecule has 1 unspecified atom stereocenters. The van der Waals surface area contributed by atoms with Crippen LogP contribution in [0.2, 0.25) is 0 Å². The molecule has 6 nitrogen and oxygen atoms in total. The Morgan fingerprint density at radius 3 is 2.72 bits per heavy atom. The van der Waals surface area contributed by atoms with Crippen LogP contribution in [-0.2, 0) is 4.74 Å². The van der Waals surface area contributed by atoms with Gasteiger partial charge in [0.15, 0.2) is 0 Å². The number of H-pyrrole nitrogens is 1. The standard InChI is InChI=1S/C19H24N4O2/c1-19(2,3)25-18(24)23-10-9-16(23)15-6-4-5-14(21-15)13-11-20-22-17(13)12-7-8-12/h4-6,11-12,16H,7-10H2,1-3H3,(H,20,22). The number of hydrogen-bond acceptors (Lipinski definition) is 4. The molecule has 6 heteroatoms. The van der Waals surface area contributed by atoms with Gasteiger partial charge in [-0.25, -0.2) is 4.79 Å². The third-order valence-corrected chi connectivity index (χ3v) is 4.69. The SMILES string of the molecule is CC(C)(C)OC(=O)N1CCC1c1cccc(-c2cn[nH]c2C2CC2)n1. The molecule has 0 radical (unpaired) electrons. The predicted molar refractivity (Wildman–Crippen MR) is 94.1 cm³/mol. The lowest BCUT2D eigenvalue weighted by Gasteiger charge is -2.41. The first-order valence-electron chi connectivity index (χ1n) is 8.92. The maximum atomic E-state index is 12.4. The highest BCUT2D eigenvalue weighted by Crippen LogP contribution is 2.43. The van der Waals surface area contributed by atoms with Crippen LogP contribution in [0.3, 0.4) is 0 Å². The fourth-order valence-corrected chi connectivity index (χ4v) is 3.20. The Morgan fingerprint density at radius 2 is 2.08 bits per heavy atom. The fraction of sp³-hybridized carbons (Fsp3) is 0.526. The third-order valence-electron chi connectivity index (χ3n) is 4.69. The summed E-state index contributed by atoms with van der Waals surface area (Å²) >= 11 is 0. The summed E-state index contributed by atoms with van der Waals surface area (Å²) in [7, 11) is 0. The lowest BCUT2D eigenvalue weighted by Crippen LogP contribution is -2.47. The van der Waals surface area contributed by atoms with Crippen molar-refractivity contribution in [1.82, 2.24) is 20.1 Å². The van der Waals surface area contributed by atoms with Crippen LogP contribution in [-0.4, -0.2) is 38.3 Å². The van der Waals surface area contributed by atoms with E-state index in [1.807, 2.05) is 45.2 Å². The van der Waals surface area contributed by atoms with Gasteiger partial charge in [-0.05, 0) is 52.2 Å². The molecule has 2 fully saturated rings. The summed E-state index contributed by atoms with van der Waals surface area (Å²) in [6.45, 7) is 6.37. The minimum atomic E-state index is -0.484. The number of aromatic amines is 1. The predicted octanol–water partition coefficient (Wildman–Crippen LogP) is 4.03. The zero-order valence-corrected chi connectivity index (χ0v) is 15.0. The Labute approximate surface area is 147 Å². The third kappa shape index (κ3) is 3.25. The number of hydrogen-bond donors (Lipinski definition) is 1. The van der Waals surface area contributed by atoms with Crippen molar-refractivity contribution in [2.75, 3.05) is 6.54 Å². The topological polar surface area (TPSA) is 71.1 Å². The Hall–Kier alpha value is -2.37. The van der Waals surface area contributed by atoms with E-state index in [9.17, 15) is 4.79 Å². The number of nitrogens with one attached hydrogen (secondary N) is 1. The zero-order valence-electron chi connectivity index (χ0n) is 15.0. The number of ether oxygens (including phenoxy) is 1. The van der Waals surface area contributed by atoms with Crippen LogP contribution in [0.15, 0.2) is 24.4 Å². The lowest BCUT2D eigenvalue weighted by atomic mass is 9.99. The summed E-state index contributed by atoms with van der Waals surface area (Å²) in [5, 5.41) is 7.32. The number of nitrogens with zero attached hydrogens (tertiary/aromatic N) is 3. The van der Waals surface area contributed by atoms with E-state index in [4.69, 9.17) is 9.72 Å². The van der Waals surface area contributed by atoms with Crippen molar-refractivity contribution in [1.29, 1.82) is 0 Å². The van der Waals surface area contributed by atoms with Crippen molar-refractivity contribution in [3.8, 4) is 11.3 Å². The van der Waals surface area contributed by atoms with Gasteiger partial charge in [-0.15, -0.1) is 0 Å². The fourth-order valence-electron chi connectivity index (χ4n) is 3.20. The number of likely N-dealkylation sites (tertiary alicyclic amines) is 1. The quantitative estimate of drug-likeness (QED) is 0.915. The van der Waals surface area contributed by atoms with E-state index in [-0.39, 0.29) is 12.1 Å². The van der Waals surface area contributed by atoms with Gasteiger partial charge in [-0.3, -0.25) is 15.0 Å². The van der Waals surface area contributed by atoms with Crippen molar-refractivity contribution >= 4 is 6.09 Å². The Kier molecular flexibility index (Phi) is 3.78. The summed E-state index contributed by atoms with van der Waals surface area (Å²) < 4.78 is 5.50. The lowest BCUT2D eigenvalue weighted by molar-refractivity contribution is -0.00650. The first-order valence-corrected chi connectivity index (χ1v) is 8.92. The molecule has 4 rings (SSSR count). The molecule has 0 aromatic carbocycles. The van der Waals surface area contributed by atoms with Crippen LogP contribution in [0, 0.1) is 0 Å². The molecule has 1 N–H and O–H groups in total. The second-order valence-corrected chi connectivity index (χ2v) is 7.90. The molecule has 1 atom stereocenters. The number of rotatable bonds is 3. The monoisotopic (exact) mass is 340 g/mol. The van der Waals surface area contributed by atoms with Crippen LogP contribution in [0.5, 0.6) is 0 Å². The molecule has 1 saturated carbocycles. The van der Waals surface area contributed by atoms with Gasteiger partial charge in [0.25, 0.3) is 0 Å². The van der Waals surface area contributed by atoms with Gasteiger partial charge >= 0.3 is 6.09 Å². The molecular weight excluding hydrogens is 316 g/mol. The maximum Gasteiger partial charge on any atom is 0.410 e. The van der Waals surface area contributed by atoms with Gasteiger partial charge in [-0.2, -0.15) is 5.10 Å². The van der Waals surface area contributed by atoms with E-state index in [0.717, 1.165) is 23.4 Å². The second-order valence-electron chi connectivity index (χ2n) is 7.90. The zero-order chi connectivity index (χ0) is 17.6. The van der Waals surface area contributed by atoms with Crippen LogP contribution >= 0.6 is 0 Å². The number of carbonyl (C=O) groups excluding carboxylic acids is 1. The summed E-state index contributed by atoms with van der Waals surface area (Å²) in [4.78, 5) is 18.9. The highest BCUT2D eigenvalue weighted by Gasteiger charge is 2.37. The van der Waals surface area contributed by atoms with Crippen LogP contribution in [0.1, 0.15) is 63.4 Å². The van der Waals surface area contributed by atoms with Gasteiger partial charge in [0, 0.05) is 23.7 Å². The van der Waals surface area contributed by atoms with Crippen molar-refractivity contribution in [3.63, 3.8) is 0 Å².